The predicted molar refractivity (Wildman–Crippen MR) is 63.8 cm³/mol. The van der Waals surface area contributed by atoms with Gasteiger partial charge >= 0.3 is 0 Å². The minimum absolute atomic E-state index is 0.518. The highest BCUT2D eigenvalue weighted by molar-refractivity contribution is 5.51. The average Bonchev–Trinajstić information content (AvgIpc) is 2.24. The highest BCUT2D eigenvalue weighted by Crippen LogP contribution is 2.19. The lowest BCUT2D eigenvalue weighted by Crippen LogP contribution is -2.21. The molecule has 0 amide bonds. The van der Waals surface area contributed by atoms with Crippen molar-refractivity contribution in [2.45, 2.75) is 32.2 Å². The van der Waals surface area contributed by atoms with Gasteiger partial charge in [-0.1, -0.05) is 12.2 Å². The van der Waals surface area contributed by atoms with Crippen LogP contribution >= 0.6 is 0 Å². The number of aryl methyl sites for hydroxylation is 1. The second-order valence-corrected chi connectivity index (χ2v) is 4.06. The molecule has 0 fully saturated rings. The summed E-state index contributed by atoms with van der Waals surface area (Å²) in [6, 6.07) is 2.47. The van der Waals surface area contributed by atoms with Gasteiger partial charge in [0.15, 0.2) is 0 Å². The number of aromatic nitrogens is 1. The van der Waals surface area contributed by atoms with E-state index in [9.17, 15) is 0 Å². The lowest BCUT2D eigenvalue weighted by Gasteiger charge is -2.21. The Morgan fingerprint density at radius 2 is 2.33 bits per heavy atom. The zero-order chi connectivity index (χ0) is 10.7. The van der Waals surface area contributed by atoms with Crippen molar-refractivity contribution in [1.82, 2.24) is 4.98 Å². The Balaban J connectivity index is 2.06. The highest BCUT2D eigenvalue weighted by Gasteiger charge is 2.11. The molecular weight excluding hydrogens is 186 g/mol. The van der Waals surface area contributed by atoms with Gasteiger partial charge in [-0.05, 0) is 37.8 Å². The molecule has 1 heterocycles. The van der Waals surface area contributed by atoms with E-state index in [0.29, 0.717) is 6.04 Å². The molecule has 0 aromatic carbocycles. The number of anilines is 2. The molecule has 0 bridgehead atoms. The van der Waals surface area contributed by atoms with Gasteiger partial charge in [0.05, 0.1) is 11.9 Å². The van der Waals surface area contributed by atoms with Crippen LogP contribution in [0.2, 0.25) is 0 Å². The van der Waals surface area contributed by atoms with Crippen molar-refractivity contribution in [1.29, 1.82) is 0 Å². The number of nitrogens with zero attached hydrogens (tertiary/aromatic N) is 1. The maximum Gasteiger partial charge on any atom is 0.129 e. The lowest BCUT2D eigenvalue weighted by atomic mass is 10.0. The number of nitrogens with one attached hydrogen (secondary N) is 1. The number of pyridine rings is 1. The minimum Gasteiger partial charge on any atom is -0.397 e. The van der Waals surface area contributed by atoms with Crippen LogP contribution in [0.5, 0.6) is 0 Å². The molecule has 1 aromatic rings. The van der Waals surface area contributed by atoms with E-state index in [0.717, 1.165) is 29.9 Å². The third kappa shape index (κ3) is 2.49. The third-order valence-corrected chi connectivity index (χ3v) is 2.71. The van der Waals surface area contributed by atoms with Gasteiger partial charge in [-0.2, -0.15) is 0 Å². The molecule has 3 nitrogen and oxygen atoms in total. The molecule has 1 unspecified atom stereocenters. The Kier molecular flexibility index (Phi) is 2.90. The first kappa shape index (κ1) is 10.0. The van der Waals surface area contributed by atoms with E-state index in [1.54, 1.807) is 6.20 Å². The first-order chi connectivity index (χ1) is 7.25. The molecule has 1 aliphatic rings. The molecule has 1 atom stereocenters. The normalized spacial score (nSPS) is 20.2. The monoisotopic (exact) mass is 203 g/mol. The number of allylic oxidation sites excluding steroid dienone is 1. The van der Waals surface area contributed by atoms with Gasteiger partial charge < -0.3 is 11.1 Å². The Morgan fingerprint density at radius 1 is 1.47 bits per heavy atom. The molecular formula is C12H17N3. The van der Waals surface area contributed by atoms with Crippen molar-refractivity contribution >= 4 is 11.5 Å². The van der Waals surface area contributed by atoms with E-state index >= 15 is 0 Å². The van der Waals surface area contributed by atoms with Crippen molar-refractivity contribution in [2.75, 3.05) is 11.1 Å². The average molecular weight is 203 g/mol. The van der Waals surface area contributed by atoms with E-state index in [2.05, 4.69) is 22.5 Å². The quantitative estimate of drug-likeness (QED) is 0.726. The number of nitrogens with two attached hydrogens (primary N) is 1. The van der Waals surface area contributed by atoms with Gasteiger partial charge in [0, 0.05) is 6.04 Å². The first-order valence-electron chi connectivity index (χ1n) is 5.39. The molecule has 80 valence electrons. The van der Waals surface area contributed by atoms with Crippen LogP contribution in [-0.2, 0) is 0 Å². The van der Waals surface area contributed by atoms with Crippen LogP contribution in [-0.4, -0.2) is 11.0 Å². The zero-order valence-electron chi connectivity index (χ0n) is 9.03. The molecule has 2 rings (SSSR count). The van der Waals surface area contributed by atoms with Crippen LogP contribution in [0.1, 0.15) is 24.8 Å². The van der Waals surface area contributed by atoms with Crippen molar-refractivity contribution in [3.05, 3.63) is 30.0 Å². The maximum absolute atomic E-state index is 5.66. The van der Waals surface area contributed by atoms with Crippen LogP contribution in [0.25, 0.3) is 0 Å². The molecule has 15 heavy (non-hydrogen) atoms. The fraction of sp³-hybridized carbons (Fsp3) is 0.417. The van der Waals surface area contributed by atoms with Crippen LogP contribution in [0, 0.1) is 6.92 Å². The lowest BCUT2D eigenvalue weighted by molar-refractivity contribution is 0.641. The number of rotatable bonds is 2. The summed E-state index contributed by atoms with van der Waals surface area (Å²) in [7, 11) is 0. The number of hydrogen-bond donors (Lipinski definition) is 2. The topological polar surface area (TPSA) is 50.9 Å². The molecule has 0 aliphatic heterocycles. The van der Waals surface area contributed by atoms with E-state index in [1.165, 1.54) is 6.42 Å². The van der Waals surface area contributed by atoms with E-state index in [1.807, 2.05) is 13.0 Å². The molecule has 0 spiro atoms. The van der Waals surface area contributed by atoms with Gasteiger partial charge in [0.2, 0.25) is 0 Å². The molecule has 3 heteroatoms. The summed E-state index contributed by atoms with van der Waals surface area (Å²) in [6.07, 6.45) is 9.60. The zero-order valence-corrected chi connectivity index (χ0v) is 9.03. The summed E-state index contributed by atoms with van der Waals surface area (Å²) in [5.41, 5.74) is 7.50. The van der Waals surface area contributed by atoms with Crippen molar-refractivity contribution in [3.63, 3.8) is 0 Å². The number of hydrogen-bond acceptors (Lipinski definition) is 3. The van der Waals surface area contributed by atoms with Crippen LogP contribution in [0.15, 0.2) is 24.4 Å². The van der Waals surface area contributed by atoms with Crippen molar-refractivity contribution < 1.29 is 0 Å². The van der Waals surface area contributed by atoms with Gasteiger partial charge in [-0.25, -0.2) is 4.98 Å². The fourth-order valence-corrected chi connectivity index (χ4v) is 1.87. The van der Waals surface area contributed by atoms with Gasteiger partial charge in [-0.3, -0.25) is 0 Å². The molecule has 3 N–H and O–H groups in total. The second-order valence-electron chi connectivity index (χ2n) is 4.06. The summed E-state index contributed by atoms with van der Waals surface area (Å²) >= 11 is 0. The van der Waals surface area contributed by atoms with Crippen LogP contribution in [0.3, 0.4) is 0 Å². The van der Waals surface area contributed by atoms with Crippen LogP contribution in [0.4, 0.5) is 11.5 Å². The SMILES string of the molecule is Cc1cc(N)cnc1NC1CC=CCC1. The van der Waals surface area contributed by atoms with E-state index in [-0.39, 0.29) is 0 Å². The Labute approximate surface area is 90.4 Å². The van der Waals surface area contributed by atoms with E-state index < -0.39 is 0 Å². The summed E-state index contributed by atoms with van der Waals surface area (Å²) in [5, 5.41) is 3.46. The second kappa shape index (κ2) is 4.34. The predicted octanol–water partition coefficient (Wildman–Crippen LogP) is 2.49. The summed E-state index contributed by atoms with van der Waals surface area (Å²) < 4.78 is 0. The smallest absolute Gasteiger partial charge is 0.129 e. The summed E-state index contributed by atoms with van der Waals surface area (Å²) in [4.78, 5) is 4.31. The standard InChI is InChI=1S/C12H17N3/c1-9-7-10(13)8-14-12(9)15-11-5-3-2-4-6-11/h2-3,7-8,11H,4-6,13H2,1H3,(H,14,15). The van der Waals surface area contributed by atoms with Gasteiger partial charge in [-0.15, -0.1) is 0 Å². The molecule has 0 saturated heterocycles. The van der Waals surface area contributed by atoms with Crippen molar-refractivity contribution in [3.8, 4) is 0 Å². The molecule has 0 saturated carbocycles. The number of nitrogen functional groups attached to an aromatic ring is 1. The molecule has 1 aromatic heterocycles. The molecule has 0 radical (unpaired) electrons. The molecule has 1 aliphatic carbocycles. The van der Waals surface area contributed by atoms with E-state index in [4.69, 9.17) is 5.73 Å². The van der Waals surface area contributed by atoms with Gasteiger partial charge in [0.25, 0.3) is 0 Å². The third-order valence-electron chi connectivity index (χ3n) is 2.71. The Bertz CT molecular complexity index is 371. The van der Waals surface area contributed by atoms with Gasteiger partial charge in [0.1, 0.15) is 5.82 Å². The first-order valence-corrected chi connectivity index (χ1v) is 5.39. The van der Waals surface area contributed by atoms with Crippen molar-refractivity contribution in [2.24, 2.45) is 0 Å². The largest absolute Gasteiger partial charge is 0.397 e. The Morgan fingerprint density at radius 3 is 3.00 bits per heavy atom. The Hall–Kier alpha value is -1.51. The highest BCUT2D eigenvalue weighted by atomic mass is 15.0. The maximum atomic E-state index is 5.66. The summed E-state index contributed by atoms with van der Waals surface area (Å²) in [6.45, 7) is 2.03. The van der Waals surface area contributed by atoms with Crippen LogP contribution < -0.4 is 11.1 Å². The fourth-order valence-electron chi connectivity index (χ4n) is 1.87. The minimum atomic E-state index is 0.518. The summed E-state index contributed by atoms with van der Waals surface area (Å²) in [5.74, 6) is 0.963.